The Morgan fingerprint density at radius 3 is 2.43 bits per heavy atom. The van der Waals surface area contributed by atoms with Crippen molar-refractivity contribution in [2.24, 2.45) is 5.41 Å². The number of hydrazine groups is 1. The highest BCUT2D eigenvalue weighted by atomic mass is 16.2. The monoisotopic (exact) mass is 190 g/mol. The van der Waals surface area contributed by atoms with Crippen molar-refractivity contribution in [2.45, 2.75) is 13.8 Å². The van der Waals surface area contributed by atoms with Crippen LogP contribution in [0.25, 0.3) is 0 Å². The molecule has 0 aliphatic carbocycles. The van der Waals surface area contributed by atoms with E-state index < -0.39 is 0 Å². The van der Waals surface area contributed by atoms with Crippen molar-refractivity contribution in [1.29, 1.82) is 0 Å². The Morgan fingerprint density at radius 2 is 1.93 bits per heavy atom. The number of hydrogen-bond donors (Lipinski definition) is 1. The molecule has 1 N–H and O–H groups in total. The highest BCUT2D eigenvalue weighted by Crippen LogP contribution is 2.30. The van der Waals surface area contributed by atoms with E-state index in [0.717, 1.165) is 12.2 Å². The minimum Gasteiger partial charge on any atom is -0.296 e. The minimum absolute atomic E-state index is 0.154. The number of hydrogen-bond acceptors (Lipinski definition) is 2. The van der Waals surface area contributed by atoms with Crippen LogP contribution in [0.4, 0.5) is 5.69 Å². The average Bonchev–Trinajstić information content (AvgIpc) is 2.18. The second-order valence-corrected chi connectivity index (χ2v) is 4.25. The standard InChI is InChI=1S/C11H14N2O/c1-11(2)8-13(10(11)14)12-9-6-4-3-5-7-9/h3-7,12H,8H2,1-2H3. The third-order valence-corrected chi connectivity index (χ3v) is 2.42. The number of anilines is 1. The SMILES string of the molecule is CC1(C)CN(Nc2ccccc2)C1=O. The molecule has 1 aliphatic rings. The molecule has 3 heteroatoms. The third kappa shape index (κ3) is 1.45. The first-order valence-corrected chi connectivity index (χ1v) is 4.73. The molecule has 3 nitrogen and oxygen atoms in total. The quantitative estimate of drug-likeness (QED) is 0.722. The Morgan fingerprint density at radius 1 is 1.29 bits per heavy atom. The molecule has 1 fully saturated rings. The van der Waals surface area contributed by atoms with Crippen LogP contribution in [0.5, 0.6) is 0 Å². The molecule has 74 valence electrons. The average molecular weight is 190 g/mol. The first-order valence-electron chi connectivity index (χ1n) is 4.73. The highest BCUT2D eigenvalue weighted by Gasteiger charge is 2.44. The van der Waals surface area contributed by atoms with Gasteiger partial charge in [-0.3, -0.25) is 15.2 Å². The second-order valence-electron chi connectivity index (χ2n) is 4.25. The van der Waals surface area contributed by atoms with E-state index in [0.29, 0.717) is 0 Å². The third-order valence-electron chi connectivity index (χ3n) is 2.42. The van der Waals surface area contributed by atoms with Gasteiger partial charge in [-0.25, -0.2) is 0 Å². The zero-order valence-electron chi connectivity index (χ0n) is 8.45. The number of carbonyl (C=O) groups excluding carboxylic acids is 1. The van der Waals surface area contributed by atoms with Crippen molar-refractivity contribution in [3.8, 4) is 0 Å². The maximum Gasteiger partial charge on any atom is 0.248 e. The highest BCUT2D eigenvalue weighted by molar-refractivity contribution is 5.89. The van der Waals surface area contributed by atoms with Gasteiger partial charge in [0.15, 0.2) is 0 Å². The molecule has 0 atom stereocenters. The molecule has 1 aliphatic heterocycles. The van der Waals surface area contributed by atoms with Gasteiger partial charge in [-0.2, -0.15) is 0 Å². The first-order chi connectivity index (χ1) is 6.59. The molecule has 1 heterocycles. The van der Waals surface area contributed by atoms with Crippen molar-refractivity contribution in [2.75, 3.05) is 12.0 Å². The van der Waals surface area contributed by atoms with E-state index in [1.807, 2.05) is 44.2 Å². The van der Waals surface area contributed by atoms with Gasteiger partial charge in [0, 0.05) is 0 Å². The van der Waals surface area contributed by atoms with Crippen LogP contribution in [0.1, 0.15) is 13.8 Å². The molecule has 0 saturated carbocycles. The zero-order valence-corrected chi connectivity index (χ0v) is 8.45. The molecule has 1 amide bonds. The summed E-state index contributed by atoms with van der Waals surface area (Å²) >= 11 is 0. The topological polar surface area (TPSA) is 32.3 Å². The summed E-state index contributed by atoms with van der Waals surface area (Å²) in [4.78, 5) is 11.6. The van der Waals surface area contributed by atoms with E-state index >= 15 is 0 Å². The summed E-state index contributed by atoms with van der Waals surface area (Å²) < 4.78 is 0. The summed E-state index contributed by atoms with van der Waals surface area (Å²) in [5.41, 5.74) is 3.83. The van der Waals surface area contributed by atoms with Crippen LogP contribution in [-0.4, -0.2) is 17.5 Å². The Bertz CT molecular complexity index is 346. The minimum atomic E-state index is -0.193. The maximum absolute atomic E-state index is 11.6. The van der Waals surface area contributed by atoms with Gasteiger partial charge in [0.2, 0.25) is 5.91 Å². The summed E-state index contributed by atoms with van der Waals surface area (Å²) in [6, 6.07) is 9.72. The van der Waals surface area contributed by atoms with E-state index in [-0.39, 0.29) is 11.3 Å². The maximum atomic E-state index is 11.6. The van der Waals surface area contributed by atoms with Crippen LogP contribution in [0.3, 0.4) is 0 Å². The Balaban J connectivity index is 1.99. The molecular formula is C11H14N2O. The van der Waals surface area contributed by atoms with Crippen LogP contribution in [0.2, 0.25) is 0 Å². The van der Waals surface area contributed by atoms with E-state index in [9.17, 15) is 4.79 Å². The van der Waals surface area contributed by atoms with Crippen molar-refractivity contribution >= 4 is 11.6 Å². The van der Waals surface area contributed by atoms with Crippen molar-refractivity contribution in [1.82, 2.24) is 5.01 Å². The number of β-lactam (4-membered cyclic amide) rings is 1. The fraction of sp³-hybridized carbons (Fsp3) is 0.364. The van der Waals surface area contributed by atoms with E-state index in [1.54, 1.807) is 5.01 Å². The molecule has 0 unspecified atom stereocenters. The lowest BCUT2D eigenvalue weighted by molar-refractivity contribution is -0.153. The molecule has 1 aromatic rings. The first kappa shape index (κ1) is 9.06. The fourth-order valence-electron chi connectivity index (χ4n) is 1.57. The van der Waals surface area contributed by atoms with Crippen LogP contribution in [-0.2, 0) is 4.79 Å². The molecule has 1 saturated heterocycles. The summed E-state index contributed by atoms with van der Waals surface area (Å²) in [7, 11) is 0. The fourth-order valence-corrected chi connectivity index (χ4v) is 1.57. The lowest BCUT2D eigenvalue weighted by Gasteiger charge is -2.44. The molecule has 0 aromatic heterocycles. The molecule has 0 radical (unpaired) electrons. The van der Waals surface area contributed by atoms with Gasteiger partial charge in [0.05, 0.1) is 17.6 Å². The number of benzene rings is 1. The Kier molecular flexibility index (Phi) is 1.95. The Labute approximate surface area is 83.7 Å². The summed E-state index contributed by atoms with van der Waals surface area (Å²) in [5.74, 6) is 0.154. The number of para-hydroxylation sites is 1. The van der Waals surface area contributed by atoms with Crippen LogP contribution < -0.4 is 5.43 Å². The van der Waals surface area contributed by atoms with E-state index in [2.05, 4.69) is 5.43 Å². The molecule has 14 heavy (non-hydrogen) atoms. The van der Waals surface area contributed by atoms with Gasteiger partial charge in [-0.1, -0.05) is 18.2 Å². The summed E-state index contributed by atoms with van der Waals surface area (Å²) in [6.45, 7) is 4.68. The van der Waals surface area contributed by atoms with Gasteiger partial charge >= 0.3 is 0 Å². The predicted octanol–water partition coefficient (Wildman–Crippen LogP) is 1.88. The number of nitrogens with zero attached hydrogens (tertiary/aromatic N) is 1. The van der Waals surface area contributed by atoms with Gasteiger partial charge in [0.25, 0.3) is 0 Å². The van der Waals surface area contributed by atoms with Gasteiger partial charge in [0.1, 0.15) is 0 Å². The van der Waals surface area contributed by atoms with Crippen LogP contribution >= 0.6 is 0 Å². The van der Waals surface area contributed by atoms with Crippen molar-refractivity contribution < 1.29 is 4.79 Å². The normalized spacial score (nSPS) is 19.0. The zero-order chi connectivity index (χ0) is 10.2. The van der Waals surface area contributed by atoms with Crippen molar-refractivity contribution in [3.63, 3.8) is 0 Å². The largest absolute Gasteiger partial charge is 0.296 e. The summed E-state index contributed by atoms with van der Waals surface area (Å²) in [5, 5.41) is 1.65. The van der Waals surface area contributed by atoms with Gasteiger partial charge in [-0.05, 0) is 26.0 Å². The molecular weight excluding hydrogens is 176 g/mol. The van der Waals surface area contributed by atoms with Crippen molar-refractivity contribution in [3.05, 3.63) is 30.3 Å². The molecule has 0 bridgehead atoms. The smallest absolute Gasteiger partial charge is 0.248 e. The van der Waals surface area contributed by atoms with Gasteiger partial charge in [-0.15, -0.1) is 0 Å². The number of rotatable bonds is 2. The lowest BCUT2D eigenvalue weighted by atomic mass is 9.85. The molecule has 1 aromatic carbocycles. The second kappa shape index (κ2) is 3.01. The van der Waals surface area contributed by atoms with Gasteiger partial charge < -0.3 is 0 Å². The molecule has 0 spiro atoms. The number of nitrogens with one attached hydrogen (secondary N) is 1. The van der Waals surface area contributed by atoms with E-state index in [1.165, 1.54) is 0 Å². The van der Waals surface area contributed by atoms with Crippen LogP contribution in [0, 0.1) is 5.41 Å². The Hall–Kier alpha value is -1.51. The van der Waals surface area contributed by atoms with E-state index in [4.69, 9.17) is 0 Å². The summed E-state index contributed by atoms with van der Waals surface area (Å²) in [6.07, 6.45) is 0. The number of carbonyl (C=O) groups is 1. The lowest BCUT2D eigenvalue weighted by Crippen LogP contribution is -2.60. The number of amides is 1. The predicted molar refractivity (Wildman–Crippen MR) is 55.6 cm³/mol. The van der Waals surface area contributed by atoms with Crippen LogP contribution in [0.15, 0.2) is 30.3 Å². The molecule has 2 rings (SSSR count).